The van der Waals surface area contributed by atoms with E-state index in [0.717, 1.165) is 87.8 Å². The van der Waals surface area contributed by atoms with Crippen LogP contribution in [0.3, 0.4) is 0 Å². The van der Waals surface area contributed by atoms with Gasteiger partial charge in [0.1, 0.15) is 25.3 Å². The molecule has 1 saturated carbocycles. The van der Waals surface area contributed by atoms with Gasteiger partial charge in [-0.2, -0.15) is 0 Å². The fourth-order valence-electron chi connectivity index (χ4n) is 10.7. The van der Waals surface area contributed by atoms with Gasteiger partial charge in [0.25, 0.3) is 0 Å². The van der Waals surface area contributed by atoms with Crippen LogP contribution < -0.4 is 35.9 Å². The third-order valence-electron chi connectivity index (χ3n) is 13.5. The lowest BCUT2D eigenvalue weighted by Crippen LogP contribution is -3.00. The zero-order valence-corrected chi connectivity index (χ0v) is 33.6. The molecule has 0 aromatic heterocycles. The first-order valence-electron chi connectivity index (χ1n) is 20.6. The normalized spacial score (nSPS) is 29.2. The lowest BCUT2D eigenvalue weighted by molar-refractivity contribution is -0.524. The zero-order valence-electron chi connectivity index (χ0n) is 32.0. The first-order chi connectivity index (χ1) is 25.4. The molecule has 0 bridgehead atoms. The maximum absolute atomic E-state index is 10.5. The second-order valence-corrected chi connectivity index (χ2v) is 16.7. The second-order valence-electron chi connectivity index (χ2n) is 16.7. The van der Waals surface area contributed by atoms with E-state index in [2.05, 4.69) is 40.0 Å². The van der Waals surface area contributed by atoms with Gasteiger partial charge >= 0.3 is 0 Å². The number of nitrogens with zero attached hydrogens (tertiary/aromatic N) is 2. The van der Waals surface area contributed by atoms with Crippen LogP contribution in [0.2, 0.25) is 0 Å². The number of rotatable bonds is 15. The molecule has 6 aliphatic rings. The predicted octanol–water partition coefficient (Wildman–Crippen LogP) is 4.21. The molecule has 8 rings (SSSR count). The summed E-state index contributed by atoms with van der Waals surface area (Å²) in [6.45, 7) is 5.34. The highest BCUT2D eigenvalue weighted by Gasteiger charge is 2.55. The van der Waals surface area contributed by atoms with E-state index in [-0.39, 0.29) is 46.1 Å². The number of ether oxygens (including phenoxy) is 4. The third kappa shape index (κ3) is 7.41. The van der Waals surface area contributed by atoms with Gasteiger partial charge in [0.05, 0.1) is 31.8 Å². The SMILES string of the molecule is COc1ccc2c3c1O[C@H]1C[C@@H](O)CC[C@@]31CCN(CCCCCCCCCCCC[N+]1=Cc3ccc(OC)c4c3[C@@]3(C=C[C@H](O)C[C@@H]3O4)CC1)C2.[Br-]. The van der Waals surface area contributed by atoms with E-state index < -0.39 is 6.10 Å². The Balaban J connectivity index is 0.00000435. The van der Waals surface area contributed by atoms with Crippen molar-refractivity contribution < 1.29 is 50.7 Å². The topological polar surface area (TPSA) is 83.6 Å². The molecule has 2 aliphatic carbocycles. The minimum Gasteiger partial charge on any atom is -1.00 e. The Hall–Kier alpha value is -2.59. The fourth-order valence-corrected chi connectivity index (χ4v) is 10.7. The second kappa shape index (κ2) is 16.6. The van der Waals surface area contributed by atoms with Crippen molar-refractivity contribution in [2.24, 2.45) is 0 Å². The number of aliphatic hydroxyl groups is 2. The minimum atomic E-state index is -0.447. The molecular weight excluding hydrogens is 732 g/mol. The Morgan fingerprint density at radius 1 is 0.792 bits per heavy atom. The third-order valence-corrected chi connectivity index (χ3v) is 13.5. The van der Waals surface area contributed by atoms with E-state index >= 15 is 0 Å². The first-order valence-corrected chi connectivity index (χ1v) is 20.6. The minimum absolute atomic E-state index is 0. The molecule has 4 aliphatic heterocycles. The summed E-state index contributed by atoms with van der Waals surface area (Å²) in [6.07, 6.45) is 24.3. The smallest absolute Gasteiger partial charge is 0.171 e. The highest BCUT2D eigenvalue weighted by molar-refractivity contribution is 5.83. The van der Waals surface area contributed by atoms with Crippen molar-refractivity contribution in [3.05, 3.63) is 58.7 Å². The van der Waals surface area contributed by atoms with Gasteiger partial charge in [-0.25, -0.2) is 4.58 Å². The van der Waals surface area contributed by atoms with Crippen LogP contribution in [0.1, 0.15) is 125 Å². The number of aliphatic hydroxyl groups excluding tert-OH is 2. The molecule has 2 spiro atoms. The van der Waals surface area contributed by atoms with Crippen LogP contribution in [0.15, 0.2) is 36.4 Å². The average Bonchev–Trinajstić information content (AvgIpc) is 3.54. The van der Waals surface area contributed by atoms with Gasteiger partial charge in [-0.05, 0) is 69.0 Å². The maximum Gasteiger partial charge on any atom is 0.171 e. The van der Waals surface area contributed by atoms with Crippen molar-refractivity contribution >= 4 is 6.21 Å². The molecule has 53 heavy (non-hydrogen) atoms. The van der Waals surface area contributed by atoms with Gasteiger partial charge in [0, 0.05) is 54.3 Å². The highest BCUT2D eigenvalue weighted by atomic mass is 79.9. The number of hydrogen-bond donors (Lipinski definition) is 2. The molecule has 2 aromatic carbocycles. The molecule has 0 amide bonds. The maximum atomic E-state index is 10.5. The summed E-state index contributed by atoms with van der Waals surface area (Å²) in [6, 6.07) is 8.57. The van der Waals surface area contributed by atoms with E-state index in [1.807, 2.05) is 12.1 Å². The highest BCUT2D eigenvalue weighted by Crippen LogP contribution is 2.58. The molecule has 290 valence electrons. The van der Waals surface area contributed by atoms with Gasteiger partial charge < -0.3 is 46.1 Å². The van der Waals surface area contributed by atoms with Gasteiger partial charge in [-0.3, -0.25) is 4.90 Å². The molecule has 2 N–H and O–H groups in total. The number of halogens is 1. The number of hydrogen-bond acceptors (Lipinski definition) is 7. The molecule has 4 heterocycles. The lowest BCUT2D eigenvalue weighted by Gasteiger charge is -2.40. The van der Waals surface area contributed by atoms with Crippen molar-refractivity contribution in [3.8, 4) is 23.0 Å². The van der Waals surface area contributed by atoms with E-state index in [0.29, 0.717) is 6.42 Å². The number of unbranched alkanes of at least 4 members (excludes halogenated alkanes) is 9. The Morgan fingerprint density at radius 3 is 2.23 bits per heavy atom. The predicted molar refractivity (Wildman–Crippen MR) is 204 cm³/mol. The Kier molecular flexibility index (Phi) is 12.1. The summed E-state index contributed by atoms with van der Waals surface area (Å²) in [5.74, 6) is 3.46. The summed E-state index contributed by atoms with van der Waals surface area (Å²) in [5.41, 5.74) is 5.12. The lowest BCUT2D eigenvalue weighted by atomic mass is 9.65. The summed E-state index contributed by atoms with van der Waals surface area (Å²) < 4.78 is 26.9. The largest absolute Gasteiger partial charge is 1.00 e. The standard InChI is InChI=1S/C44H61N2O6.BrH/c1-49-35-15-13-31-29-45(25-21-43-19-17-33(47)27-37(43)51-41(35)39(31)43)23-11-9-7-5-3-4-6-8-10-12-24-46-26-22-44-20-18-34(48)28-38(44)52-42-36(50-2)16-14-32(30-46)40(42)44;/h13-17,19,29,33-34,37-38,47-48H,3-12,18,20-28,30H2,1-2H3;1H/q+1;/p-1/t33-,34-,37-,38-,43-,44-;/m0./s1. The fraction of sp³-hybridized carbons (Fsp3) is 0.659. The molecule has 0 radical (unpaired) electrons. The monoisotopic (exact) mass is 792 g/mol. The van der Waals surface area contributed by atoms with Crippen molar-refractivity contribution in [3.63, 3.8) is 0 Å². The zero-order chi connectivity index (χ0) is 35.7. The summed E-state index contributed by atoms with van der Waals surface area (Å²) >= 11 is 0. The number of benzene rings is 2. The Bertz CT molecular complexity index is 1660. The van der Waals surface area contributed by atoms with E-state index in [4.69, 9.17) is 18.9 Å². The van der Waals surface area contributed by atoms with Crippen LogP contribution in [-0.4, -0.2) is 90.7 Å². The Labute approximate surface area is 327 Å². The summed E-state index contributed by atoms with van der Waals surface area (Å²) in [7, 11) is 3.45. The Morgan fingerprint density at radius 2 is 1.47 bits per heavy atom. The molecule has 9 heteroatoms. The van der Waals surface area contributed by atoms with Crippen LogP contribution in [0.4, 0.5) is 0 Å². The molecule has 6 atom stereocenters. The van der Waals surface area contributed by atoms with Gasteiger partial charge in [0.2, 0.25) is 0 Å². The molecule has 0 saturated heterocycles. The van der Waals surface area contributed by atoms with Crippen molar-refractivity contribution in [2.75, 3.05) is 40.4 Å². The van der Waals surface area contributed by atoms with Crippen LogP contribution >= 0.6 is 0 Å². The van der Waals surface area contributed by atoms with Crippen molar-refractivity contribution in [1.29, 1.82) is 0 Å². The van der Waals surface area contributed by atoms with Crippen LogP contribution in [0.5, 0.6) is 23.0 Å². The van der Waals surface area contributed by atoms with Crippen LogP contribution in [-0.2, 0) is 17.4 Å². The average molecular weight is 794 g/mol. The molecule has 0 unspecified atom stereocenters. The number of methoxy groups -OCH3 is 2. The van der Waals surface area contributed by atoms with Gasteiger partial charge in [-0.15, -0.1) is 0 Å². The summed E-state index contributed by atoms with van der Waals surface area (Å²) in [5, 5.41) is 20.8. The van der Waals surface area contributed by atoms with E-state index in [1.54, 1.807) is 14.2 Å². The quantitative estimate of drug-likeness (QED) is 0.159. The molecule has 2 aromatic rings. The van der Waals surface area contributed by atoms with Crippen LogP contribution in [0.25, 0.3) is 0 Å². The van der Waals surface area contributed by atoms with Crippen LogP contribution in [0, 0.1) is 0 Å². The molecular formula is C44H61BrN2O6. The van der Waals surface area contributed by atoms with Crippen molar-refractivity contribution in [1.82, 2.24) is 4.90 Å². The van der Waals surface area contributed by atoms with Gasteiger partial charge in [-0.1, -0.05) is 63.2 Å². The van der Waals surface area contributed by atoms with E-state index in [1.165, 1.54) is 86.5 Å². The molecule has 8 nitrogen and oxygen atoms in total. The van der Waals surface area contributed by atoms with E-state index in [9.17, 15) is 10.2 Å². The van der Waals surface area contributed by atoms with Crippen molar-refractivity contribution in [2.45, 2.75) is 145 Å². The van der Waals surface area contributed by atoms with Gasteiger partial charge in [0.15, 0.2) is 29.2 Å². The first kappa shape index (κ1) is 38.7. The summed E-state index contributed by atoms with van der Waals surface area (Å²) in [4.78, 5) is 2.67. The molecule has 1 fully saturated rings.